The first kappa shape index (κ1) is 11.7. The molecule has 0 saturated heterocycles. The van der Waals surface area contributed by atoms with Crippen molar-refractivity contribution in [3.8, 4) is 0 Å². The van der Waals surface area contributed by atoms with Gasteiger partial charge in [0.1, 0.15) is 0 Å². The third-order valence-corrected chi connectivity index (χ3v) is 3.12. The molecular formula is C10H13NO3S. The summed E-state index contributed by atoms with van der Waals surface area (Å²) < 4.78 is 25.4. The van der Waals surface area contributed by atoms with Gasteiger partial charge in [-0.05, 0) is 25.1 Å². The number of nitrogens with one attached hydrogen (secondary N) is 1. The van der Waals surface area contributed by atoms with E-state index in [1.165, 1.54) is 24.4 Å². The number of hydrogen-bond donors (Lipinski definition) is 2. The van der Waals surface area contributed by atoms with Crippen LogP contribution in [0.3, 0.4) is 0 Å². The molecule has 1 aromatic carbocycles. The monoisotopic (exact) mass is 227 g/mol. The summed E-state index contributed by atoms with van der Waals surface area (Å²) in [6, 6.07) is 6.52. The van der Waals surface area contributed by atoms with Crippen LogP contribution in [0.25, 0.3) is 0 Å². The van der Waals surface area contributed by atoms with Crippen LogP contribution in [-0.4, -0.2) is 20.1 Å². The normalized spacial score (nSPS) is 11.9. The highest BCUT2D eigenvalue weighted by atomic mass is 32.2. The number of sulfonamides is 1. The molecule has 0 aliphatic carbocycles. The van der Waals surface area contributed by atoms with E-state index >= 15 is 0 Å². The Hall–Kier alpha value is -1.33. The minimum absolute atomic E-state index is 0.198. The number of aryl methyl sites for hydroxylation is 1. The van der Waals surface area contributed by atoms with Crippen LogP contribution in [0.2, 0.25) is 0 Å². The highest BCUT2D eigenvalue weighted by Gasteiger charge is 2.10. The Balaban J connectivity index is 2.87. The molecule has 1 aromatic rings. The summed E-state index contributed by atoms with van der Waals surface area (Å²) >= 11 is 0. The summed E-state index contributed by atoms with van der Waals surface area (Å²) in [6.45, 7) is 1.69. The Labute approximate surface area is 89.3 Å². The quantitative estimate of drug-likeness (QED) is 0.798. The Morgan fingerprint density at radius 1 is 1.33 bits per heavy atom. The van der Waals surface area contributed by atoms with Crippen LogP contribution in [0.15, 0.2) is 41.4 Å². The van der Waals surface area contributed by atoms with Gasteiger partial charge in [-0.2, -0.15) is 0 Å². The fraction of sp³-hybridized carbons (Fsp3) is 0.200. The van der Waals surface area contributed by atoms with Gasteiger partial charge in [-0.3, -0.25) is 4.72 Å². The second kappa shape index (κ2) is 4.95. The lowest BCUT2D eigenvalue weighted by Gasteiger charge is -2.03. The van der Waals surface area contributed by atoms with Crippen LogP contribution in [-0.2, 0) is 10.0 Å². The average Bonchev–Trinajstić information content (AvgIpc) is 2.18. The minimum atomic E-state index is -3.50. The van der Waals surface area contributed by atoms with Gasteiger partial charge in [0.05, 0.1) is 11.5 Å². The summed E-state index contributed by atoms with van der Waals surface area (Å²) in [6.07, 6.45) is 2.51. The number of benzene rings is 1. The molecule has 0 amide bonds. The minimum Gasteiger partial charge on any atom is -0.392 e. The topological polar surface area (TPSA) is 66.4 Å². The van der Waals surface area contributed by atoms with Gasteiger partial charge < -0.3 is 5.11 Å². The predicted molar refractivity (Wildman–Crippen MR) is 57.7 cm³/mol. The van der Waals surface area contributed by atoms with Crippen molar-refractivity contribution in [2.75, 3.05) is 6.61 Å². The standard InChI is InChI=1S/C10H13NO3S/c1-9-3-5-10(6-4-9)15(13,14)11-7-2-8-12/h2-7,11-12H,8H2,1H3. The maximum atomic E-state index is 11.6. The van der Waals surface area contributed by atoms with Crippen molar-refractivity contribution < 1.29 is 13.5 Å². The van der Waals surface area contributed by atoms with Gasteiger partial charge >= 0.3 is 0 Å². The molecule has 0 heterocycles. The Bertz CT molecular complexity index is 434. The summed E-state index contributed by atoms with van der Waals surface area (Å²) in [7, 11) is -3.50. The average molecular weight is 227 g/mol. The molecule has 0 radical (unpaired) electrons. The van der Waals surface area contributed by atoms with Crippen molar-refractivity contribution in [2.45, 2.75) is 11.8 Å². The lowest BCUT2D eigenvalue weighted by atomic mass is 10.2. The first-order valence-corrected chi connectivity index (χ1v) is 5.89. The van der Waals surface area contributed by atoms with Gasteiger partial charge in [-0.25, -0.2) is 8.42 Å². The van der Waals surface area contributed by atoms with Crippen LogP contribution < -0.4 is 4.72 Å². The maximum Gasteiger partial charge on any atom is 0.261 e. The van der Waals surface area contributed by atoms with Crippen molar-refractivity contribution in [1.29, 1.82) is 0 Å². The van der Waals surface area contributed by atoms with Crippen LogP contribution in [0.4, 0.5) is 0 Å². The van der Waals surface area contributed by atoms with Crippen molar-refractivity contribution in [3.05, 3.63) is 42.1 Å². The van der Waals surface area contributed by atoms with Crippen LogP contribution in [0.1, 0.15) is 5.56 Å². The first-order valence-electron chi connectivity index (χ1n) is 4.41. The molecule has 0 saturated carbocycles. The predicted octanol–water partition coefficient (Wildman–Crippen LogP) is 0.779. The second-order valence-electron chi connectivity index (χ2n) is 3.02. The van der Waals surface area contributed by atoms with Crippen LogP contribution >= 0.6 is 0 Å². The zero-order valence-electron chi connectivity index (χ0n) is 8.34. The molecule has 5 heteroatoms. The van der Waals surface area contributed by atoms with Gasteiger partial charge in [-0.1, -0.05) is 17.7 Å². The zero-order chi connectivity index (χ0) is 11.3. The van der Waals surface area contributed by atoms with Gasteiger partial charge in [0.25, 0.3) is 10.0 Å². The molecule has 15 heavy (non-hydrogen) atoms. The molecule has 0 unspecified atom stereocenters. The smallest absolute Gasteiger partial charge is 0.261 e. The molecule has 0 spiro atoms. The summed E-state index contributed by atoms with van der Waals surface area (Å²) in [5, 5.41) is 8.45. The fourth-order valence-corrected chi connectivity index (χ4v) is 1.88. The molecule has 0 aliphatic heterocycles. The number of aliphatic hydroxyl groups is 1. The van der Waals surface area contributed by atoms with Gasteiger partial charge in [0.2, 0.25) is 0 Å². The van der Waals surface area contributed by atoms with Crippen molar-refractivity contribution >= 4 is 10.0 Å². The van der Waals surface area contributed by atoms with Gasteiger partial charge in [-0.15, -0.1) is 0 Å². The maximum absolute atomic E-state index is 11.6. The molecule has 2 N–H and O–H groups in total. The lowest BCUT2D eigenvalue weighted by molar-refractivity contribution is 0.342. The number of hydrogen-bond acceptors (Lipinski definition) is 3. The van der Waals surface area contributed by atoms with E-state index in [2.05, 4.69) is 4.72 Å². The van der Waals surface area contributed by atoms with Gasteiger partial charge in [0.15, 0.2) is 0 Å². The van der Waals surface area contributed by atoms with Crippen molar-refractivity contribution in [1.82, 2.24) is 4.72 Å². The summed E-state index contributed by atoms with van der Waals surface area (Å²) in [5.74, 6) is 0. The highest BCUT2D eigenvalue weighted by molar-refractivity contribution is 7.89. The molecule has 0 aliphatic rings. The fourth-order valence-electron chi connectivity index (χ4n) is 0.976. The molecule has 0 bridgehead atoms. The largest absolute Gasteiger partial charge is 0.392 e. The van der Waals surface area contributed by atoms with Crippen LogP contribution in [0, 0.1) is 6.92 Å². The van der Waals surface area contributed by atoms with E-state index in [9.17, 15) is 8.42 Å². The van der Waals surface area contributed by atoms with Crippen molar-refractivity contribution in [2.24, 2.45) is 0 Å². The third kappa shape index (κ3) is 3.38. The molecule has 0 aromatic heterocycles. The van der Waals surface area contributed by atoms with Crippen LogP contribution in [0.5, 0.6) is 0 Å². The molecule has 1 rings (SSSR count). The van der Waals surface area contributed by atoms with E-state index in [0.29, 0.717) is 0 Å². The van der Waals surface area contributed by atoms with E-state index in [4.69, 9.17) is 5.11 Å². The Kier molecular flexibility index (Phi) is 3.88. The molecule has 0 fully saturated rings. The lowest BCUT2D eigenvalue weighted by Crippen LogP contribution is -2.17. The van der Waals surface area contributed by atoms with Gasteiger partial charge in [0, 0.05) is 6.20 Å². The molecule has 4 nitrogen and oxygen atoms in total. The summed E-state index contributed by atoms with van der Waals surface area (Å²) in [4.78, 5) is 0.204. The SMILES string of the molecule is Cc1ccc(S(=O)(=O)NC=CCO)cc1. The molecule has 0 atom stereocenters. The Morgan fingerprint density at radius 2 is 1.93 bits per heavy atom. The first-order chi connectivity index (χ1) is 7.06. The molecular weight excluding hydrogens is 214 g/mol. The summed E-state index contributed by atoms with van der Waals surface area (Å²) in [5.41, 5.74) is 1.000. The highest BCUT2D eigenvalue weighted by Crippen LogP contribution is 2.09. The zero-order valence-corrected chi connectivity index (χ0v) is 9.16. The Morgan fingerprint density at radius 3 is 2.47 bits per heavy atom. The number of aliphatic hydroxyl groups excluding tert-OH is 1. The number of rotatable bonds is 4. The third-order valence-electron chi connectivity index (χ3n) is 1.78. The van der Waals surface area contributed by atoms with E-state index < -0.39 is 10.0 Å². The van der Waals surface area contributed by atoms with E-state index in [1.54, 1.807) is 12.1 Å². The molecule has 82 valence electrons. The second-order valence-corrected chi connectivity index (χ2v) is 4.73. The van der Waals surface area contributed by atoms with E-state index in [0.717, 1.165) is 5.56 Å². The van der Waals surface area contributed by atoms with E-state index in [1.807, 2.05) is 6.92 Å². The van der Waals surface area contributed by atoms with E-state index in [-0.39, 0.29) is 11.5 Å². The van der Waals surface area contributed by atoms with Crippen molar-refractivity contribution in [3.63, 3.8) is 0 Å².